The number of aryl methyl sites for hydroxylation is 1. The molecule has 0 saturated carbocycles. The fourth-order valence-electron chi connectivity index (χ4n) is 2.15. The largest absolute Gasteiger partial charge is 0.137 e. The van der Waals surface area contributed by atoms with Crippen LogP contribution in [0.2, 0.25) is 0 Å². The van der Waals surface area contributed by atoms with E-state index in [-0.39, 0.29) is 0 Å². The lowest BCUT2D eigenvalue weighted by atomic mass is 10.1. The van der Waals surface area contributed by atoms with E-state index in [0.717, 1.165) is 8.19 Å². The molecule has 1 aromatic heterocycles. The van der Waals surface area contributed by atoms with Gasteiger partial charge in [-0.2, -0.15) is 0 Å². The average Bonchev–Trinajstić information content (AvgIpc) is 2.80. The smallest absolute Gasteiger partial charge is 0.0244 e. The molecule has 0 bridgehead atoms. The van der Waals surface area contributed by atoms with Crippen LogP contribution >= 0.6 is 8.19 Å². The summed E-state index contributed by atoms with van der Waals surface area (Å²) in [4.78, 5) is 0. The summed E-state index contributed by atoms with van der Waals surface area (Å²) >= 11 is 0. The third-order valence-electron chi connectivity index (χ3n) is 3.21. The van der Waals surface area contributed by atoms with E-state index in [1.807, 2.05) is 0 Å². The van der Waals surface area contributed by atoms with Crippen molar-refractivity contribution in [2.45, 2.75) is 71.1 Å². The quantitative estimate of drug-likeness (QED) is 0.452. The molecule has 0 radical (unpaired) electrons. The summed E-state index contributed by atoms with van der Waals surface area (Å²) in [6, 6.07) is 4.52. The minimum absolute atomic E-state index is 0.992. The summed E-state index contributed by atoms with van der Waals surface area (Å²) in [5.41, 5.74) is 0. The molecule has 0 aliphatic heterocycles. The van der Waals surface area contributed by atoms with Gasteiger partial charge in [0.1, 0.15) is 0 Å². The van der Waals surface area contributed by atoms with Crippen molar-refractivity contribution in [3.63, 3.8) is 0 Å². The van der Waals surface area contributed by atoms with Gasteiger partial charge in [-0.05, 0) is 23.9 Å². The third-order valence-corrected chi connectivity index (χ3v) is 4.36. The van der Waals surface area contributed by atoms with Gasteiger partial charge in [0.2, 0.25) is 0 Å². The molecule has 0 aliphatic carbocycles. The van der Waals surface area contributed by atoms with Crippen LogP contribution in [0.25, 0.3) is 0 Å². The summed E-state index contributed by atoms with van der Waals surface area (Å²) in [5.74, 6) is 2.29. The molecule has 92 valence electrons. The minimum atomic E-state index is 0.992. The molecule has 1 atom stereocenters. The van der Waals surface area contributed by atoms with E-state index >= 15 is 0 Å². The Morgan fingerprint density at radius 2 is 1.50 bits per heavy atom. The highest BCUT2D eigenvalue weighted by Crippen LogP contribution is 2.18. The van der Waals surface area contributed by atoms with Gasteiger partial charge in [0.15, 0.2) is 0 Å². The highest BCUT2D eigenvalue weighted by Gasteiger charge is 1.94. The summed E-state index contributed by atoms with van der Waals surface area (Å²) < 4.78 is 0. The number of hydrogen-bond donors (Lipinski definition) is 0. The Bertz CT molecular complexity index is 226. The van der Waals surface area contributed by atoms with Gasteiger partial charge in [-0.25, -0.2) is 0 Å². The molecule has 0 saturated heterocycles. The van der Waals surface area contributed by atoms with Crippen molar-refractivity contribution >= 4 is 8.19 Å². The normalized spacial score (nSPS) is 11.3. The monoisotopic (exact) mass is 238 g/mol. The van der Waals surface area contributed by atoms with Crippen molar-refractivity contribution in [2.75, 3.05) is 0 Å². The predicted molar refractivity (Wildman–Crippen MR) is 76.9 cm³/mol. The molecular weight excluding hydrogens is 211 g/mol. The molecular formula is C15H27P. The van der Waals surface area contributed by atoms with Crippen molar-refractivity contribution in [1.29, 1.82) is 0 Å². The SMILES string of the molecule is CCCCCCCCCCCc1ccc[pH]1. The van der Waals surface area contributed by atoms with Crippen molar-refractivity contribution in [3.8, 4) is 0 Å². The molecule has 0 amide bonds. The first-order chi connectivity index (χ1) is 7.93. The highest BCUT2D eigenvalue weighted by atomic mass is 31.0. The van der Waals surface area contributed by atoms with Crippen LogP contribution in [0.1, 0.15) is 70.0 Å². The van der Waals surface area contributed by atoms with E-state index in [4.69, 9.17) is 0 Å². The fraction of sp³-hybridized carbons (Fsp3) is 0.733. The summed E-state index contributed by atoms with van der Waals surface area (Å²) in [6.07, 6.45) is 14.3. The molecule has 1 rings (SSSR count). The van der Waals surface area contributed by atoms with Crippen LogP contribution < -0.4 is 0 Å². The molecule has 0 spiro atoms. The Morgan fingerprint density at radius 1 is 0.875 bits per heavy atom. The standard InChI is InChI=1S/C15H27P/c1-2-3-4-5-6-7-8-9-10-12-15-13-11-14-16-15/h11,13-14,16H,2-10,12H2,1H3. The molecule has 0 aliphatic rings. The van der Waals surface area contributed by atoms with Crippen molar-refractivity contribution in [1.82, 2.24) is 0 Å². The maximum Gasteiger partial charge on any atom is -0.0244 e. The van der Waals surface area contributed by atoms with Crippen LogP contribution in [0.5, 0.6) is 0 Å². The van der Waals surface area contributed by atoms with Crippen LogP contribution in [0.4, 0.5) is 0 Å². The molecule has 0 fully saturated rings. The number of rotatable bonds is 10. The number of hydrogen-bond acceptors (Lipinski definition) is 0. The van der Waals surface area contributed by atoms with Crippen LogP contribution in [0, 0.1) is 0 Å². The first-order valence-electron chi connectivity index (χ1n) is 7.05. The fourth-order valence-corrected chi connectivity index (χ4v) is 3.07. The van der Waals surface area contributed by atoms with Gasteiger partial charge in [-0.3, -0.25) is 0 Å². The Balaban J connectivity index is 1.78. The van der Waals surface area contributed by atoms with Gasteiger partial charge in [-0.15, -0.1) is 8.19 Å². The van der Waals surface area contributed by atoms with Gasteiger partial charge >= 0.3 is 0 Å². The van der Waals surface area contributed by atoms with E-state index in [0.29, 0.717) is 0 Å². The van der Waals surface area contributed by atoms with E-state index in [2.05, 4.69) is 24.9 Å². The van der Waals surface area contributed by atoms with Gasteiger partial charge in [-0.1, -0.05) is 70.4 Å². The number of unbranched alkanes of at least 4 members (excludes halogenated alkanes) is 8. The second-order valence-electron chi connectivity index (χ2n) is 4.77. The molecule has 0 aromatic carbocycles. The first kappa shape index (κ1) is 13.8. The molecule has 1 heteroatoms. The zero-order chi connectivity index (χ0) is 11.5. The van der Waals surface area contributed by atoms with Crippen molar-refractivity contribution in [2.24, 2.45) is 0 Å². The van der Waals surface area contributed by atoms with Crippen molar-refractivity contribution < 1.29 is 0 Å². The molecule has 1 heterocycles. The molecule has 1 aromatic rings. The topological polar surface area (TPSA) is 0 Å². The second kappa shape index (κ2) is 9.97. The zero-order valence-corrected chi connectivity index (χ0v) is 11.8. The van der Waals surface area contributed by atoms with Gasteiger partial charge in [0.05, 0.1) is 0 Å². The van der Waals surface area contributed by atoms with Gasteiger partial charge < -0.3 is 0 Å². The first-order valence-corrected chi connectivity index (χ1v) is 8.13. The Hall–Kier alpha value is -0.220. The maximum atomic E-state index is 2.31. The summed E-state index contributed by atoms with van der Waals surface area (Å²) in [6.45, 7) is 2.28. The van der Waals surface area contributed by atoms with Gasteiger partial charge in [0.25, 0.3) is 0 Å². The summed E-state index contributed by atoms with van der Waals surface area (Å²) in [5, 5.41) is 1.67. The Morgan fingerprint density at radius 3 is 2.06 bits per heavy atom. The molecule has 16 heavy (non-hydrogen) atoms. The lowest BCUT2D eigenvalue weighted by Gasteiger charge is -2.01. The van der Waals surface area contributed by atoms with E-state index in [1.165, 1.54) is 64.2 Å². The van der Waals surface area contributed by atoms with E-state index in [9.17, 15) is 0 Å². The lowest BCUT2D eigenvalue weighted by Crippen LogP contribution is -1.83. The van der Waals surface area contributed by atoms with Crippen LogP contribution in [-0.4, -0.2) is 0 Å². The molecule has 0 nitrogen and oxygen atoms in total. The molecule has 0 N–H and O–H groups in total. The van der Waals surface area contributed by atoms with E-state index in [1.54, 1.807) is 5.30 Å². The average molecular weight is 238 g/mol. The Kier molecular flexibility index (Phi) is 8.62. The predicted octanol–water partition coefficient (Wildman–Crippen LogP) is 5.79. The van der Waals surface area contributed by atoms with Gasteiger partial charge in [0, 0.05) is 0 Å². The van der Waals surface area contributed by atoms with Crippen molar-refractivity contribution in [3.05, 3.63) is 23.2 Å². The highest BCUT2D eigenvalue weighted by molar-refractivity contribution is 7.30. The second-order valence-corrected chi connectivity index (χ2v) is 6.04. The maximum absolute atomic E-state index is 2.31. The lowest BCUT2D eigenvalue weighted by molar-refractivity contribution is 0.565. The van der Waals surface area contributed by atoms with E-state index < -0.39 is 0 Å². The Labute approximate surface area is 103 Å². The zero-order valence-electron chi connectivity index (χ0n) is 10.8. The summed E-state index contributed by atoms with van der Waals surface area (Å²) in [7, 11) is 0.992. The van der Waals surface area contributed by atoms with Crippen LogP contribution in [0.15, 0.2) is 17.9 Å². The minimum Gasteiger partial charge on any atom is -0.137 e. The molecule has 1 unspecified atom stereocenters. The third kappa shape index (κ3) is 7.12. The van der Waals surface area contributed by atoms with Crippen LogP contribution in [0.3, 0.4) is 0 Å². The van der Waals surface area contributed by atoms with Crippen LogP contribution in [-0.2, 0) is 6.42 Å².